The first-order valence-corrected chi connectivity index (χ1v) is 6.40. The Balaban J connectivity index is 1.89. The molecule has 3 heterocycles. The summed E-state index contributed by atoms with van der Waals surface area (Å²) in [6.45, 7) is 2.17. The average Bonchev–Trinajstić information content (AvgIpc) is 2.92. The van der Waals surface area contributed by atoms with E-state index in [9.17, 15) is 10.1 Å². The van der Waals surface area contributed by atoms with Crippen molar-refractivity contribution in [2.24, 2.45) is 0 Å². The number of hydrogen-bond donors (Lipinski definition) is 1. The van der Waals surface area contributed by atoms with Gasteiger partial charge in [0.1, 0.15) is 6.20 Å². The minimum absolute atomic E-state index is 0.0794. The van der Waals surface area contributed by atoms with E-state index in [0.29, 0.717) is 6.04 Å². The molecule has 98 valence electrons. The molecule has 2 atom stereocenters. The van der Waals surface area contributed by atoms with Gasteiger partial charge in [-0.05, 0) is 25.8 Å². The van der Waals surface area contributed by atoms with Crippen LogP contribution in [0.4, 0.5) is 11.5 Å². The largest absolute Gasteiger partial charge is 0.378 e. The molecule has 1 aromatic rings. The van der Waals surface area contributed by atoms with Crippen molar-refractivity contribution in [1.29, 1.82) is 0 Å². The van der Waals surface area contributed by atoms with Crippen molar-refractivity contribution in [2.75, 3.05) is 18.8 Å². The molecule has 0 radical (unpaired) electrons. The van der Waals surface area contributed by atoms with Gasteiger partial charge in [0.05, 0.1) is 11.0 Å². The van der Waals surface area contributed by atoms with E-state index in [-0.39, 0.29) is 17.5 Å². The summed E-state index contributed by atoms with van der Waals surface area (Å²) >= 11 is 0. The molecular weight excluding hydrogens is 234 g/mol. The highest BCUT2D eigenvalue weighted by Crippen LogP contribution is 2.37. The second-order valence-electron chi connectivity index (χ2n) is 5.07. The van der Waals surface area contributed by atoms with Gasteiger partial charge in [-0.15, -0.1) is 0 Å². The molecule has 2 fully saturated rings. The summed E-state index contributed by atoms with van der Waals surface area (Å²) in [4.78, 5) is 12.8. The summed E-state index contributed by atoms with van der Waals surface area (Å²) in [7, 11) is 0. The van der Waals surface area contributed by atoms with Crippen LogP contribution < -0.4 is 5.73 Å². The Hall–Kier alpha value is -1.63. The molecule has 2 saturated heterocycles. The van der Waals surface area contributed by atoms with Crippen LogP contribution in [0.5, 0.6) is 0 Å². The molecule has 7 heteroatoms. The molecule has 0 aromatic carbocycles. The maximum absolute atomic E-state index is 10.8. The van der Waals surface area contributed by atoms with Crippen molar-refractivity contribution >= 4 is 11.5 Å². The maximum atomic E-state index is 10.8. The zero-order chi connectivity index (χ0) is 12.7. The summed E-state index contributed by atoms with van der Waals surface area (Å²) in [6, 6.07) is 0.638. The van der Waals surface area contributed by atoms with Crippen LogP contribution >= 0.6 is 0 Å². The highest BCUT2D eigenvalue weighted by Gasteiger charge is 2.38. The van der Waals surface area contributed by atoms with Gasteiger partial charge in [0, 0.05) is 12.6 Å². The molecule has 0 aliphatic carbocycles. The summed E-state index contributed by atoms with van der Waals surface area (Å²) in [6.07, 6.45) is 5.85. The van der Waals surface area contributed by atoms with Crippen LogP contribution in [0, 0.1) is 10.1 Å². The summed E-state index contributed by atoms with van der Waals surface area (Å²) in [5.41, 5.74) is 5.77. The Morgan fingerprint density at radius 2 is 2.17 bits per heavy atom. The zero-order valence-corrected chi connectivity index (χ0v) is 10.2. The first-order valence-electron chi connectivity index (χ1n) is 6.40. The number of nitrogen functional groups attached to an aromatic ring is 1. The van der Waals surface area contributed by atoms with E-state index in [1.807, 2.05) is 0 Å². The monoisotopic (exact) mass is 251 g/mol. The minimum Gasteiger partial charge on any atom is -0.378 e. The highest BCUT2D eigenvalue weighted by molar-refractivity contribution is 5.51. The van der Waals surface area contributed by atoms with Crippen LogP contribution in [0.15, 0.2) is 6.20 Å². The predicted octanol–water partition coefficient (Wildman–Crippen LogP) is 1.17. The Morgan fingerprint density at radius 1 is 1.33 bits per heavy atom. The third kappa shape index (κ3) is 1.66. The molecule has 1 aromatic heterocycles. The van der Waals surface area contributed by atoms with E-state index in [1.165, 1.54) is 19.0 Å². The zero-order valence-electron chi connectivity index (χ0n) is 10.2. The van der Waals surface area contributed by atoms with Crippen LogP contribution in [0.3, 0.4) is 0 Å². The Bertz CT molecular complexity index is 472. The fourth-order valence-electron chi connectivity index (χ4n) is 3.27. The Morgan fingerprint density at radius 3 is 2.89 bits per heavy atom. The first-order chi connectivity index (χ1) is 8.68. The van der Waals surface area contributed by atoms with Gasteiger partial charge in [0.15, 0.2) is 0 Å². The molecule has 0 saturated carbocycles. The molecule has 0 spiro atoms. The van der Waals surface area contributed by atoms with Crippen molar-refractivity contribution in [2.45, 2.75) is 37.8 Å². The second-order valence-corrected chi connectivity index (χ2v) is 5.07. The van der Waals surface area contributed by atoms with Crippen LogP contribution in [0.2, 0.25) is 0 Å². The lowest BCUT2D eigenvalue weighted by molar-refractivity contribution is -0.384. The molecule has 7 nitrogen and oxygen atoms in total. The number of nitrogens with two attached hydrogens (primary N) is 1. The summed E-state index contributed by atoms with van der Waals surface area (Å²) in [5.74, 6) is 0.192. The van der Waals surface area contributed by atoms with E-state index in [0.717, 1.165) is 25.9 Å². The lowest BCUT2D eigenvalue weighted by atomic mass is 9.99. The average molecular weight is 251 g/mol. The third-order valence-electron chi connectivity index (χ3n) is 4.14. The summed E-state index contributed by atoms with van der Waals surface area (Å²) in [5, 5.41) is 14.9. The van der Waals surface area contributed by atoms with Crippen molar-refractivity contribution in [3.8, 4) is 0 Å². The Labute approximate surface area is 105 Å². The van der Waals surface area contributed by atoms with Crippen LogP contribution in [0.25, 0.3) is 0 Å². The Kier molecular flexibility index (Phi) is 2.70. The predicted molar refractivity (Wildman–Crippen MR) is 66.2 cm³/mol. The fraction of sp³-hybridized carbons (Fsp3) is 0.727. The lowest BCUT2D eigenvalue weighted by Gasteiger charge is -2.32. The quantitative estimate of drug-likeness (QED) is 0.629. The normalized spacial score (nSPS) is 28.2. The SMILES string of the molecule is Nc1c([N+](=O)[O-])cnn1C1CCN2CCCCC12. The van der Waals surface area contributed by atoms with Gasteiger partial charge in [-0.1, -0.05) is 6.42 Å². The first kappa shape index (κ1) is 11.5. The number of piperidine rings is 1. The number of anilines is 1. The number of nitro groups is 1. The van der Waals surface area contributed by atoms with Gasteiger partial charge in [-0.3, -0.25) is 15.0 Å². The van der Waals surface area contributed by atoms with Gasteiger partial charge in [-0.25, -0.2) is 4.68 Å². The highest BCUT2D eigenvalue weighted by atomic mass is 16.6. The molecule has 18 heavy (non-hydrogen) atoms. The molecule has 2 aliphatic rings. The number of hydrogen-bond acceptors (Lipinski definition) is 5. The lowest BCUT2D eigenvalue weighted by Crippen LogP contribution is -2.38. The topological polar surface area (TPSA) is 90.2 Å². The second kappa shape index (κ2) is 4.24. The molecule has 2 aliphatic heterocycles. The van der Waals surface area contributed by atoms with Crippen molar-refractivity contribution < 1.29 is 4.92 Å². The van der Waals surface area contributed by atoms with Crippen molar-refractivity contribution in [3.05, 3.63) is 16.3 Å². The maximum Gasteiger partial charge on any atom is 0.330 e. The number of fused-ring (bicyclic) bond motifs is 1. The van der Waals surface area contributed by atoms with Gasteiger partial charge in [-0.2, -0.15) is 5.10 Å². The van der Waals surface area contributed by atoms with Crippen LogP contribution in [-0.2, 0) is 0 Å². The number of nitrogens with zero attached hydrogens (tertiary/aromatic N) is 4. The summed E-state index contributed by atoms with van der Waals surface area (Å²) < 4.78 is 1.66. The van der Waals surface area contributed by atoms with Crippen LogP contribution in [0.1, 0.15) is 31.7 Å². The molecule has 0 bridgehead atoms. The van der Waals surface area contributed by atoms with Gasteiger partial charge < -0.3 is 5.73 Å². The molecule has 2 N–H and O–H groups in total. The van der Waals surface area contributed by atoms with E-state index >= 15 is 0 Å². The smallest absolute Gasteiger partial charge is 0.330 e. The number of rotatable bonds is 2. The molecular formula is C11H17N5O2. The van der Waals surface area contributed by atoms with E-state index in [1.54, 1.807) is 4.68 Å². The van der Waals surface area contributed by atoms with E-state index in [4.69, 9.17) is 5.73 Å². The van der Waals surface area contributed by atoms with Gasteiger partial charge in [0.2, 0.25) is 5.82 Å². The van der Waals surface area contributed by atoms with Gasteiger partial charge >= 0.3 is 5.69 Å². The van der Waals surface area contributed by atoms with Crippen LogP contribution in [-0.4, -0.2) is 38.7 Å². The molecule has 2 unspecified atom stereocenters. The molecule has 3 rings (SSSR count). The van der Waals surface area contributed by atoms with Crippen molar-refractivity contribution in [3.63, 3.8) is 0 Å². The standard InChI is InChI=1S/C11H17N5O2/c12-11-10(16(17)18)7-13-15(11)9-4-6-14-5-2-1-3-8(9)14/h7-9H,1-6,12H2. The minimum atomic E-state index is -0.466. The third-order valence-corrected chi connectivity index (χ3v) is 4.14. The number of aromatic nitrogens is 2. The molecule has 0 amide bonds. The van der Waals surface area contributed by atoms with E-state index in [2.05, 4.69) is 10.00 Å². The fourth-order valence-corrected chi connectivity index (χ4v) is 3.27. The van der Waals surface area contributed by atoms with Crippen molar-refractivity contribution in [1.82, 2.24) is 14.7 Å². The van der Waals surface area contributed by atoms with Gasteiger partial charge in [0.25, 0.3) is 0 Å². The van der Waals surface area contributed by atoms with E-state index < -0.39 is 4.92 Å².